The number of aryl methyl sites for hydroxylation is 2. The molecule has 1 fully saturated rings. The van der Waals surface area contributed by atoms with Gasteiger partial charge in [0, 0.05) is 13.1 Å². The van der Waals surface area contributed by atoms with Gasteiger partial charge in [-0.25, -0.2) is 9.67 Å². The molecule has 0 bridgehead atoms. The van der Waals surface area contributed by atoms with Gasteiger partial charge in [0.1, 0.15) is 11.3 Å². The molecule has 2 aromatic rings. The molecule has 0 saturated heterocycles. The summed E-state index contributed by atoms with van der Waals surface area (Å²) in [5.74, 6) is 1.45. The number of imidazole rings is 1. The van der Waals surface area contributed by atoms with E-state index in [-0.39, 0.29) is 0 Å². The van der Waals surface area contributed by atoms with Crippen LogP contribution in [0.5, 0.6) is 0 Å². The number of nitrogens with zero attached hydrogens (tertiary/aromatic N) is 4. The van der Waals surface area contributed by atoms with Gasteiger partial charge in [0.15, 0.2) is 5.65 Å². The molecular formula is C14H21ClN4. The maximum absolute atomic E-state index is 6.09. The van der Waals surface area contributed by atoms with Crippen LogP contribution in [0, 0.1) is 12.3 Å². The molecule has 19 heavy (non-hydrogen) atoms. The van der Waals surface area contributed by atoms with Crippen molar-refractivity contribution in [3.63, 3.8) is 0 Å². The Morgan fingerprint density at radius 3 is 2.63 bits per heavy atom. The molecular weight excluding hydrogens is 260 g/mol. The van der Waals surface area contributed by atoms with Gasteiger partial charge < -0.3 is 4.57 Å². The summed E-state index contributed by atoms with van der Waals surface area (Å²) in [5.41, 5.74) is 3.57. The van der Waals surface area contributed by atoms with Crippen LogP contribution in [0.1, 0.15) is 44.6 Å². The average Bonchev–Trinajstić information content (AvgIpc) is 2.86. The standard InChI is InChI=1S/C14H21ClN4/c1-4-19-13-12(10(2)17-19)16-11(8-15)18(13)9-14(3)6-5-7-14/h4-9H2,1-3H3. The summed E-state index contributed by atoms with van der Waals surface area (Å²) in [6, 6.07) is 0. The van der Waals surface area contributed by atoms with Crippen molar-refractivity contribution in [1.82, 2.24) is 19.3 Å². The van der Waals surface area contributed by atoms with E-state index in [1.54, 1.807) is 0 Å². The first-order valence-corrected chi connectivity index (χ1v) is 7.60. The Bertz CT molecular complexity index is 607. The molecule has 0 atom stereocenters. The van der Waals surface area contributed by atoms with Crippen molar-refractivity contribution < 1.29 is 0 Å². The summed E-state index contributed by atoms with van der Waals surface area (Å²) in [6.07, 6.45) is 3.94. The van der Waals surface area contributed by atoms with Crippen LogP contribution in [0.2, 0.25) is 0 Å². The highest BCUT2D eigenvalue weighted by Gasteiger charge is 2.34. The van der Waals surface area contributed by atoms with Crippen LogP contribution in [0.25, 0.3) is 11.2 Å². The zero-order valence-corrected chi connectivity index (χ0v) is 12.7. The molecule has 0 radical (unpaired) electrons. The third kappa shape index (κ3) is 1.97. The van der Waals surface area contributed by atoms with Gasteiger partial charge in [0.2, 0.25) is 0 Å². The van der Waals surface area contributed by atoms with Gasteiger partial charge in [-0.05, 0) is 32.1 Å². The van der Waals surface area contributed by atoms with Gasteiger partial charge in [-0.3, -0.25) is 0 Å². The van der Waals surface area contributed by atoms with Crippen molar-refractivity contribution in [2.45, 2.75) is 59.0 Å². The summed E-state index contributed by atoms with van der Waals surface area (Å²) < 4.78 is 4.35. The normalized spacial score (nSPS) is 17.9. The van der Waals surface area contributed by atoms with Crippen molar-refractivity contribution in [2.75, 3.05) is 0 Å². The lowest BCUT2D eigenvalue weighted by Crippen LogP contribution is -2.31. The zero-order chi connectivity index (χ0) is 13.6. The number of halogens is 1. The number of rotatable bonds is 4. The van der Waals surface area contributed by atoms with Gasteiger partial charge in [-0.2, -0.15) is 5.10 Å². The molecule has 1 aliphatic carbocycles. The van der Waals surface area contributed by atoms with Crippen LogP contribution in [-0.2, 0) is 19.0 Å². The van der Waals surface area contributed by atoms with Crippen LogP contribution in [0.15, 0.2) is 0 Å². The van der Waals surface area contributed by atoms with E-state index in [0.29, 0.717) is 11.3 Å². The molecule has 1 saturated carbocycles. The third-order valence-electron chi connectivity index (χ3n) is 4.40. The first-order chi connectivity index (χ1) is 9.08. The molecule has 3 rings (SSSR count). The minimum absolute atomic E-state index is 0.408. The molecule has 0 aliphatic heterocycles. The summed E-state index contributed by atoms with van der Waals surface area (Å²) >= 11 is 6.09. The molecule has 0 unspecified atom stereocenters. The number of hydrogen-bond acceptors (Lipinski definition) is 2. The fourth-order valence-electron chi connectivity index (χ4n) is 3.08. The second kappa shape index (κ2) is 4.51. The van der Waals surface area contributed by atoms with Crippen LogP contribution >= 0.6 is 11.6 Å². The van der Waals surface area contributed by atoms with Crippen molar-refractivity contribution in [1.29, 1.82) is 0 Å². The predicted octanol–water partition coefficient (Wildman–Crippen LogP) is 3.49. The molecule has 1 aliphatic rings. The molecule has 0 spiro atoms. The average molecular weight is 281 g/mol. The fraction of sp³-hybridized carbons (Fsp3) is 0.714. The quantitative estimate of drug-likeness (QED) is 0.804. The number of fused-ring (bicyclic) bond motifs is 1. The lowest BCUT2D eigenvalue weighted by molar-refractivity contribution is 0.132. The molecule has 5 heteroatoms. The van der Waals surface area contributed by atoms with Crippen LogP contribution in [0.4, 0.5) is 0 Å². The predicted molar refractivity (Wildman–Crippen MR) is 77.4 cm³/mol. The Morgan fingerprint density at radius 2 is 2.11 bits per heavy atom. The van der Waals surface area contributed by atoms with Crippen molar-refractivity contribution in [3.05, 3.63) is 11.5 Å². The maximum atomic E-state index is 6.09. The van der Waals surface area contributed by atoms with E-state index in [4.69, 9.17) is 11.6 Å². The second-order valence-corrected chi connectivity index (χ2v) is 6.25. The van der Waals surface area contributed by atoms with Gasteiger partial charge in [0.05, 0.1) is 11.6 Å². The Hall–Kier alpha value is -1.03. The Labute approximate surface area is 118 Å². The molecule has 2 aromatic heterocycles. The van der Waals surface area contributed by atoms with E-state index in [1.807, 2.05) is 6.92 Å². The first kappa shape index (κ1) is 13.0. The number of hydrogen-bond donors (Lipinski definition) is 0. The first-order valence-electron chi connectivity index (χ1n) is 7.06. The van der Waals surface area contributed by atoms with E-state index in [1.165, 1.54) is 19.3 Å². The lowest BCUT2D eigenvalue weighted by Gasteiger charge is -2.39. The Morgan fingerprint density at radius 1 is 1.37 bits per heavy atom. The molecule has 0 N–H and O–H groups in total. The van der Waals surface area contributed by atoms with Crippen LogP contribution in [0.3, 0.4) is 0 Å². The molecule has 2 heterocycles. The van der Waals surface area contributed by atoms with E-state index < -0.39 is 0 Å². The van der Waals surface area contributed by atoms with Crippen molar-refractivity contribution in [2.24, 2.45) is 5.41 Å². The topological polar surface area (TPSA) is 35.6 Å². The fourth-order valence-corrected chi connectivity index (χ4v) is 3.28. The summed E-state index contributed by atoms with van der Waals surface area (Å²) in [5, 5.41) is 4.57. The zero-order valence-electron chi connectivity index (χ0n) is 11.9. The monoisotopic (exact) mass is 280 g/mol. The van der Waals surface area contributed by atoms with E-state index in [0.717, 1.165) is 35.8 Å². The van der Waals surface area contributed by atoms with E-state index >= 15 is 0 Å². The van der Waals surface area contributed by atoms with Crippen molar-refractivity contribution >= 4 is 22.8 Å². The highest BCUT2D eigenvalue weighted by atomic mass is 35.5. The van der Waals surface area contributed by atoms with Crippen molar-refractivity contribution in [3.8, 4) is 0 Å². The maximum Gasteiger partial charge on any atom is 0.158 e. The van der Waals surface area contributed by atoms with E-state index in [9.17, 15) is 0 Å². The highest BCUT2D eigenvalue weighted by molar-refractivity contribution is 6.16. The summed E-state index contributed by atoms with van der Waals surface area (Å²) in [6.45, 7) is 8.38. The summed E-state index contributed by atoms with van der Waals surface area (Å²) in [7, 11) is 0. The highest BCUT2D eigenvalue weighted by Crippen LogP contribution is 2.42. The minimum atomic E-state index is 0.408. The smallest absolute Gasteiger partial charge is 0.158 e. The Balaban J connectivity index is 2.13. The van der Waals surface area contributed by atoms with E-state index in [2.05, 4.69) is 33.2 Å². The van der Waals surface area contributed by atoms with Gasteiger partial charge in [-0.15, -0.1) is 11.6 Å². The second-order valence-electron chi connectivity index (χ2n) is 5.99. The Kier molecular flexibility index (Phi) is 3.08. The third-order valence-corrected chi connectivity index (χ3v) is 4.64. The molecule has 104 valence electrons. The van der Waals surface area contributed by atoms with Gasteiger partial charge >= 0.3 is 0 Å². The number of aromatic nitrogens is 4. The SMILES string of the molecule is CCn1nc(C)c2nc(CCl)n(CC3(C)CCC3)c21. The molecule has 0 aromatic carbocycles. The molecule has 4 nitrogen and oxygen atoms in total. The largest absolute Gasteiger partial charge is 0.311 e. The van der Waals surface area contributed by atoms with Gasteiger partial charge in [-0.1, -0.05) is 13.3 Å². The summed E-state index contributed by atoms with van der Waals surface area (Å²) in [4.78, 5) is 4.69. The number of alkyl halides is 1. The molecule has 0 amide bonds. The lowest BCUT2D eigenvalue weighted by atomic mass is 9.70. The van der Waals surface area contributed by atoms with Crippen LogP contribution < -0.4 is 0 Å². The minimum Gasteiger partial charge on any atom is -0.311 e. The van der Waals surface area contributed by atoms with Crippen LogP contribution in [-0.4, -0.2) is 19.3 Å². The van der Waals surface area contributed by atoms with Gasteiger partial charge in [0.25, 0.3) is 0 Å².